The Bertz CT molecular complexity index is 405. The van der Waals surface area contributed by atoms with Gasteiger partial charge >= 0.3 is 0 Å². The monoisotopic (exact) mass is 236 g/mol. The number of hydrogen-bond donors (Lipinski definition) is 0. The highest BCUT2D eigenvalue weighted by molar-refractivity contribution is 9.10. The van der Waals surface area contributed by atoms with E-state index in [1.54, 1.807) is 6.26 Å². The minimum atomic E-state index is 0.669. The molecule has 65 valence electrons. The molecule has 0 aliphatic carbocycles. The van der Waals surface area contributed by atoms with Crippen LogP contribution in [0.25, 0.3) is 11.1 Å². The summed E-state index contributed by atoms with van der Waals surface area (Å²) in [6.07, 6.45) is 1.60. The zero-order valence-corrected chi connectivity index (χ0v) is 8.41. The highest BCUT2D eigenvalue weighted by atomic mass is 79.9. The van der Waals surface area contributed by atoms with Crippen LogP contribution in [0, 0.1) is 6.92 Å². The second kappa shape index (κ2) is 3.34. The summed E-state index contributed by atoms with van der Waals surface area (Å²) in [6.45, 7) is 3.76. The van der Waals surface area contributed by atoms with Crippen molar-refractivity contribution in [2.24, 2.45) is 0 Å². The zero-order chi connectivity index (χ0) is 9.26. The molecular weight excluding hydrogens is 230 g/mol. The molecule has 1 aromatic carbocycles. The summed E-state index contributed by atoms with van der Waals surface area (Å²) in [5.41, 5.74) is 2.67. The fourth-order valence-electron chi connectivity index (χ4n) is 1.12. The second-order valence-electron chi connectivity index (χ2n) is 2.68. The number of benzene rings is 1. The van der Waals surface area contributed by atoms with E-state index >= 15 is 0 Å². The molecule has 0 bridgehead atoms. The Morgan fingerprint density at radius 3 is 2.46 bits per heavy atom. The smallest absolute Gasteiger partial charge is 0.131 e. The zero-order valence-electron chi connectivity index (χ0n) is 6.83. The summed E-state index contributed by atoms with van der Waals surface area (Å²) in [6, 6.07) is 7.93. The minimum Gasteiger partial charge on any atom is -0.364 e. The van der Waals surface area contributed by atoms with Gasteiger partial charge in [0, 0.05) is 10.0 Å². The van der Waals surface area contributed by atoms with Gasteiger partial charge in [-0.25, -0.2) is 0 Å². The largest absolute Gasteiger partial charge is 0.364 e. The lowest BCUT2D eigenvalue weighted by Gasteiger charge is -1.96. The van der Waals surface area contributed by atoms with Gasteiger partial charge in [-0.3, -0.25) is 0 Å². The van der Waals surface area contributed by atoms with Crippen LogP contribution >= 0.6 is 15.9 Å². The van der Waals surface area contributed by atoms with Crippen molar-refractivity contribution in [2.45, 2.75) is 0 Å². The van der Waals surface area contributed by atoms with Crippen molar-refractivity contribution in [1.29, 1.82) is 0 Å². The minimum absolute atomic E-state index is 0.669. The molecule has 0 N–H and O–H groups in total. The van der Waals surface area contributed by atoms with E-state index < -0.39 is 0 Å². The molecule has 2 aromatic rings. The van der Waals surface area contributed by atoms with Gasteiger partial charge in [0.15, 0.2) is 0 Å². The quantitative estimate of drug-likeness (QED) is 0.760. The molecule has 0 spiro atoms. The lowest BCUT2D eigenvalue weighted by Crippen LogP contribution is -1.77. The molecule has 0 aliphatic rings. The molecule has 2 nitrogen and oxygen atoms in total. The van der Waals surface area contributed by atoms with E-state index in [2.05, 4.69) is 28.0 Å². The number of rotatable bonds is 1. The maximum absolute atomic E-state index is 4.81. The number of nitrogens with zero attached hydrogens (tertiary/aromatic N) is 1. The van der Waals surface area contributed by atoms with Gasteiger partial charge in [-0.05, 0) is 24.6 Å². The normalized spacial score (nSPS) is 10.3. The molecular formula is C10H7BrNO. The molecule has 13 heavy (non-hydrogen) atoms. The van der Waals surface area contributed by atoms with Crippen LogP contribution in [0.1, 0.15) is 5.69 Å². The van der Waals surface area contributed by atoms with E-state index in [-0.39, 0.29) is 0 Å². The topological polar surface area (TPSA) is 26.0 Å². The van der Waals surface area contributed by atoms with Crippen LogP contribution in [0.15, 0.2) is 39.5 Å². The molecule has 1 radical (unpaired) electrons. The molecule has 3 heteroatoms. The first kappa shape index (κ1) is 8.51. The van der Waals surface area contributed by atoms with E-state index in [9.17, 15) is 0 Å². The summed E-state index contributed by atoms with van der Waals surface area (Å²) < 4.78 is 5.86. The first-order chi connectivity index (χ1) is 6.27. The van der Waals surface area contributed by atoms with Crippen LogP contribution in [0.3, 0.4) is 0 Å². The molecule has 2 rings (SSSR count). The first-order valence-electron chi connectivity index (χ1n) is 3.79. The molecule has 0 aliphatic heterocycles. The van der Waals surface area contributed by atoms with E-state index in [1.165, 1.54) is 0 Å². The van der Waals surface area contributed by atoms with E-state index in [0.717, 1.165) is 15.6 Å². The Kier molecular flexibility index (Phi) is 2.19. The third-order valence-electron chi connectivity index (χ3n) is 1.80. The van der Waals surface area contributed by atoms with Gasteiger partial charge in [-0.1, -0.05) is 33.2 Å². The maximum atomic E-state index is 4.81. The summed E-state index contributed by atoms with van der Waals surface area (Å²) in [4.78, 5) is 0. The van der Waals surface area contributed by atoms with Crippen molar-refractivity contribution >= 4 is 15.9 Å². The highest BCUT2D eigenvalue weighted by Crippen LogP contribution is 2.23. The third-order valence-corrected chi connectivity index (χ3v) is 2.33. The van der Waals surface area contributed by atoms with E-state index in [0.29, 0.717) is 5.69 Å². The average molecular weight is 237 g/mol. The van der Waals surface area contributed by atoms with Crippen molar-refractivity contribution < 1.29 is 4.52 Å². The van der Waals surface area contributed by atoms with Gasteiger partial charge in [0.25, 0.3) is 0 Å². The Hall–Kier alpha value is -1.09. The Labute approximate surface area is 84.7 Å². The summed E-state index contributed by atoms with van der Waals surface area (Å²) >= 11 is 3.37. The Morgan fingerprint density at radius 2 is 1.92 bits per heavy atom. The van der Waals surface area contributed by atoms with Crippen LogP contribution in [-0.2, 0) is 0 Å². The molecule has 0 atom stereocenters. The molecule has 1 heterocycles. The SMILES string of the molecule is [CH2]c1nocc1-c1ccc(Br)cc1. The molecule has 0 saturated carbocycles. The predicted octanol–water partition coefficient (Wildman–Crippen LogP) is 3.29. The molecule has 0 amide bonds. The summed E-state index contributed by atoms with van der Waals surface area (Å²) in [7, 11) is 0. The average Bonchev–Trinajstić information content (AvgIpc) is 2.53. The highest BCUT2D eigenvalue weighted by Gasteiger charge is 2.04. The van der Waals surface area contributed by atoms with E-state index in [4.69, 9.17) is 4.52 Å². The van der Waals surface area contributed by atoms with Crippen LogP contribution in [0.5, 0.6) is 0 Å². The van der Waals surface area contributed by atoms with Gasteiger partial charge in [0.05, 0.1) is 5.69 Å². The van der Waals surface area contributed by atoms with Gasteiger partial charge in [0.2, 0.25) is 0 Å². The Balaban J connectivity index is 2.47. The third kappa shape index (κ3) is 1.65. The van der Waals surface area contributed by atoms with Gasteiger partial charge in [-0.15, -0.1) is 0 Å². The second-order valence-corrected chi connectivity index (χ2v) is 3.60. The van der Waals surface area contributed by atoms with Crippen molar-refractivity contribution in [3.63, 3.8) is 0 Å². The van der Waals surface area contributed by atoms with Crippen LogP contribution in [-0.4, -0.2) is 5.16 Å². The lowest BCUT2D eigenvalue weighted by atomic mass is 10.1. The fourth-order valence-corrected chi connectivity index (χ4v) is 1.39. The Morgan fingerprint density at radius 1 is 1.23 bits per heavy atom. The van der Waals surface area contributed by atoms with E-state index in [1.807, 2.05) is 24.3 Å². The summed E-state index contributed by atoms with van der Waals surface area (Å²) in [5.74, 6) is 0. The molecule has 0 saturated heterocycles. The standard InChI is InChI=1S/C10H7BrNO/c1-7-10(6-13-12-7)8-2-4-9(11)5-3-8/h2-6H,1H2. The predicted molar refractivity (Wildman–Crippen MR) is 54.1 cm³/mol. The lowest BCUT2D eigenvalue weighted by molar-refractivity contribution is 0.417. The van der Waals surface area contributed by atoms with Crippen molar-refractivity contribution in [3.8, 4) is 11.1 Å². The van der Waals surface area contributed by atoms with Crippen LogP contribution < -0.4 is 0 Å². The van der Waals surface area contributed by atoms with Crippen molar-refractivity contribution in [3.05, 3.63) is 47.6 Å². The number of halogens is 1. The van der Waals surface area contributed by atoms with Crippen molar-refractivity contribution in [1.82, 2.24) is 5.16 Å². The maximum Gasteiger partial charge on any atom is 0.131 e. The van der Waals surface area contributed by atoms with Crippen LogP contribution in [0.4, 0.5) is 0 Å². The van der Waals surface area contributed by atoms with Crippen LogP contribution in [0.2, 0.25) is 0 Å². The number of hydrogen-bond acceptors (Lipinski definition) is 2. The molecule has 0 unspecified atom stereocenters. The molecule has 1 aromatic heterocycles. The fraction of sp³-hybridized carbons (Fsp3) is 0. The van der Waals surface area contributed by atoms with Gasteiger partial charge in [0.1, 0.15) is 6.26 Å². The molecule has 0 fully saturated rings. The van der Waals surface area contributed by atoms with Gasteiger partial charge in [-0.2, -0.15) is 0 Å². The van der Waals surface area contributed by atoms with Crippen molar-refractivity contribution in [2.75, 3.05) is 0 Å². The summed E-state index contributed by atoms with van der Waals surface area (Å²) in [5, 5.41) is 3.72. The first-order valence-corrected chi connectivity index (χ1v) is 4.59. The van der Waals surface area contributed by atoms with Gasteiger partial charge < -0.3 is 4.52 Å². The number of aromatic nitrogens is 1.